The number of nitrogens with one attached hydrogen (secondary N) is 2. The number of hydrogen-bond acceptors (Lipinski definition) is 4. The zero-order valence-corrected chi connectivity index (χ0v) is 19.0. The Morgan fingerprint density at radius 1 is 1.09 bits per heavy atom. The summed E-state index contributed by atoms with van der Waals surface area (Å²) in [5, 5.41) is 6.05. The van der Waals surface area contributed by atoms with Crippen molar-refractivity contribution in [2.24, 2.45) is 5.92 Å². The molecule has 0 radical (unpaired) electrons. The molecular weight excluding hydrogens is 402 g/mol. The molecule has 2 atom stereocenters. The number of amides is 2. The van der Waals surface area contributed by atoms with Gasteiger partial charge in [0.25, 0.3) is 0 Å². The van der Waals surface area contributed by atoms with E-state index in [0.717, 1.165) is 37.9 Å². The Balaban J connectivity index is 1.75. The van der Waals surface area contributed by atoms with Gasteiger partial charge in [-0.1, -0.05) is 49.4 Å². The quantitative estimate of drug-likeness (QED) is 0.579. The molecule has 1 aliphatic heterocycles. The van der Waals surface area contributed by atoms with E-state index in [1.807, 2.05) is 37.3 Å². The lowest BCUT2D eigenvalue weighted by molar-refractivity contribution is -0.123. The monoisotopic (exact) mass is 435 g/mol. The van der Waals surface area contributed by atoms with E-state index in [0.29, 0.717) is 30.1 Å². The van der Waals surface area contributed by atoms with E-state index in [9.17, 15) is 14.4 Å². The van der Waals surface area contributed by atoms with Crippen LogP contribution in [0, 0.1) is 5.92 Å². The predicted octanol–water partition coefficient (Wildman–Crippen LogP) is 4.20. The molecule has 6 nitrogen and oxygen atoms in total. The van der Waals surface area contributed by atoms with Crippen molar-refractivity contribution in [2.75, 3.05) is 25.0 Å². The number of piperidine rings is 1. The van der Waals surface area contributed by atoms with Crippen LogP contribution in [-0.2, 0) is 9.59 Å². The normalized spacial score (nSPS) is 17.4. The molecule has 0 aliphatic carbocycles. The molecule has 32 heavy (non-hydrogen) atoms. The van der Waals surface area contributed by atoms with Crippen molar-refractivity contribution in [1.82, 2.24) is 10.2 Å². The van der Waals surface area contributed by atoms with Gasteiger partial charge in [0.1, 0.15) is 6.04 Å². The van der Waals surface area contributed by atoms with Gasteiger partial charge >= 0.3 is 0 Å². The first-order valence-electron chi connectivity index (χ1n) is 11.5. The summed E-state index contributed by atoms with van der Waals surface area (Å²) >= 11 is 0. The minimum atomic E-state index is -0.439. The smallest absolute Gasteiger partial charge is 0.246 e. The fourth-order valence-corrected chi connectivity index (χ4v) is 4.26. The minimum Gasteiger partial charge on any atom is -0.356 e. The van der Waals surface area contributed by atoms with Crippen molar-refractivity contribution in [3.63, 3.8) is 0 Å². The first-order valence-corrected chi connectivity index (χ1v) is 11.5. The molecule has 170 valence electrons. The van der Waals surface area contributed by atoms with Crippen molar-refractivity contribution in [2.45, 2.75) is 45.6 Å². The van der Waals surface area contributed by atoms with E-state index in [1.165, 1.54) is 6.92 Å². The zero-order chi connectivity index (χ0) is 22.9. The minimum absolute atomic E-state index is 0.0373. The number of hydrogen-bond donors (Lipinski definition) is 2. The Hall–Kier alpha value is -2.99. The Labute approximate surface area is 190 Å². The van der Waals surface area contributed by atoms with Gasteiger partial charge in [0.05, 0.1) is 0 Å². The summed E-state index contributed by atoms with van der Waals surface area (Å²) in [6, 6.07) is 16.4. The maximum Gasteiger partial charge on any atom is 0.246 e. The topological polar surface area (TPSA) is 78.5 Å². The highest BCUT2D eigenvalue weighted by atomic mass is 16.2. The summed E-state index contributed by atoms with van der Waals surface area (Å²) in [5.41, 5.74) is 2.12. The van der Waals surface area contributed by atoms with Gasteiger partial charge in [0, 0.05) is 30.8 Å². The molecule has 2 N–H and O–H groups in total. The molecule has 1 fully saturated rings. The molecule has 2 unspecified atom stereocenters. The van der Waals surface area contributed by atoms with Crippen LogP contribution in [-0.4, -0.2) is 42.1 Å². The van der Waals surface area contributed by atoms with Crippen molar-refractivity contribution in [1.29, 1.82) is 0 Å². The highest BCUT2D eigenvalue weighted by Gasteiger charge is 2.32. The highest BCUT2D eigenvalue weighted by Crippen LogP contribution is 2.28. The van der Waals surface area contributed by atoms with E-state index in [-0.39, 0.29) is 17.6 Å². The number of ketones is 1. The van der Waals surface area contributed by atoms with Crippen LogP contribution in [0.25, 0.3) is 0 Å². The maximum atomic E-state index is 13.4. The van der Waals surface area contributed by atoms with Crippen LogP contribution in [0.5, 0.6) is 0 Å². The highest BCUT2D eigenvalue weighted by molar-refractivity contribution is 5.98. The van der Waals surface area contributed by atoms with Crippen molar-refractivity contribution < 1.29 is 14.4 Å². The zero-order valence-electron chi connectivity index (χ0n) is 19.0. The van der Waals surface area contributed by atoms with E-state index in [4.69, 9.17) is 0 Å². The molecule has 2 aromatic carbocycles. The number of nitrogens with zero attached hydrogens (tertiary/aromatic N) is 1. The van der Waals surface area contributed by atoms with E-state index in [2.05, 4.69) is 15.5 Å². The van der Waals surface area contributed by atoms with Crippen molar-refractivity contribution in [3.8, 4) is 0 Å². The summed E-state index contributed by atoms with van der Waals surface area (Å²) in [6.07, 6.45) is 3.39. The fourth-order valence-electron chi connectivity index (χ4n) is 4.26. The van der Waals surface area contributed by atoms with Crippen LogP contribution in [0.1, 0.15) is 61.5 Å². The van der Waals surface area contributed by atoms with Gasteiger partial charge in [-0.25, -0.2) is 0 Å². The second kappa shape index (κ2) is 11.6. The number of Topliss-reactive ketones (excluding diaryl/α,β-unsaturated/α-hetero) is 1. The first-order chi connectivity index (χ1) is 15.5. The first kappa shape index (κ1) is 23.7. The summed E-state index contributed by atoms with van der Waals surface area (Å²) in [6.45, 7) is 5.71. The third-order valence-electron chi connectivity index (χ3n) is 5.88. The standard InChI is InChI=1S/C26H33N3O3/c1-3-9-24(31)27-17-20-10-8-15-29(18-20)25(21-11-5-4-6-12-21)26(32)28-23-14-7-13-22(16-23)19(2)30/h4-7,11-14,16,20,25H,3,8-10,15,17-18H2,1-2H3,(H,27,31)(H,28,32). The van der Waals surface area contributed by atoms with Crippen LogP contribution in [0.2, 0.25) is 0 Å². The number of rotatable bonds is 9. The predicted molar refractivity (Wildman–Crippen MR) is 126 cm³/mol. The average molecular weight is 436 g/mol. The van der Waals surface area contributed by atoms with E-state index in [1.54, 1.807) is 24.3 Å². The van der Waals surface area contributed by atoms with Gasteiger partial charge < -0.3 is 10.6 Å². The Bertz CT molecular complexity index is 929. The van der Waals surface area contributed by atoms with Crippen LogP contribution in [0.15, 0.2) is 54.6 Å². The fraction of sp³-hybridized carbons (Fsp3) is 0.423. The Morgan fingerprint density at radius 3 is 2.59 bits per heavy atom. The number of carbonyl (C=O) groups excluding carboxylic acids is 3. The van der Waals surface area contributed by atoms with Gasteiger partial charge in [0.2, 0.25) is 11.8 Å². The number of benzene rings is 2. The van der Waals surface area contributed by atoms with Crippen LogP contribution in [0.4, 0.5) is 5.69 Å². The lowest BCUT2D eigenvalue weighted by Crippen LogP contribution is -2.45. The second-order valence-electron chi connectivity index (χ2n) is 8.50. The molecule has 1 aliphatic rings. The van der Waals surface area contributed by atoms with E-state index < -0.39 is 6.04 Å². The molecule has 6 heteroatoms. The summed E-state index contributed by atoms with van der Waals surface area (Å²) in [5.74, 6) is 0.245. The Kier molecular flexibility index (Phi) is 8.56. The molecule has 0 bridgehead atoms. The lowest BCUT2D eigenvalue weighted by Gasteiger charge is -2.38. The molecule has 1 saturated heterocycles. The van der Waals surface area contributed by atoms with Crippen molar-refractivity contribution >= 4 is 23.3 Å². The SMILES string of the molecule is CCCC(=O)NCC1CCCN(C(C(=O)Nc2cccc(C(C)=O)c2)c2ccccc2)C1. The molecule has 3 rings (SSSR count). The van der Waals surface area contributed by atoms with Gasteiger partial charge in [0.15, 0.2) is 5.78 Å². The molecular formula is C26H33N3O3. The maximum absolute atomic E-state index is 13.4. The summed E-state index contributed by atoms with van der Waals surface area (Å²) in [4.78, 5) is 39.3. The summed E-state index contributed by atoms with van der Waals surface area (Å²) in [7, 11) is 0. The average Bonchev–Trinajstić information content (AvgIpc) is 2.79. The van der Waals surface area contributed by atoms with Crippen LogP contribution >= 0.6 is 0 Å². The van der Waals surface area contributed by atoms with Gasteiger partial charge in [-0.2, -0.15) is 0 Å². The van der Waals surface area contributed by atoms with Crippen LogP contribution < -0.4 is 10.6 Å². The van der Waals surface area contributed by atoms with Crippen molar-refractivity contribution in [3.05, 3.63) is 65.7 Å². The largest absolute Gasteiger partial charge is 0.356 e. The van der Waals surface area contributed by atoms with Gasteiger partial charge in [-0.3, -0.25) is 19.3 Å². The molecule has 2 amide bonds. The number of likely N-dealkylation sites (tertiary alicyclic amines) is 1. The molecule has 0 spiro atoms. The van der Waals surface area contributed by atoms with E-state index >= 15 is 0 Å². The molecule has 2 aromatic rings. The third-order valence-corrected chi connectivity index (χ3v) is 5.88. The number of anilines is 1. The van der Waals surface area contributed by atoms with Gasteiger partial charge in [-0.05, 0) is 56.3 Å². The second-order valence-corrected chi connectivity index (χ2v) is 8.50. The number of carbonyl (C=O) groups is 3. The Morgan fingerprint density at radius 2 is 1.88 bits per heavy atom. The lowest BCUT2D eigenvalue weighted by atomic mass is 9.94. The third kappa shape index (κ3) is 6.50. The molecule has 0 saturated carbocycles. The molecule has 0 aromatic heterocycles. The van der Waals surface area contributed by atoms with Crippen LogP contribution in [0.3, 0.4) is 0 Å². The molecule has 1 heterocycles. The van der Waals surface area contributed by atoms with Gasteiger partial charge in [-0.15, -0.1) is 0 Å². The summed E-state index contributed by atoms with van der Waals surface area (Å²) < 4.78 is 0.